The molecule has 6 aromatic carbocycles. The van der Waals surface area contributed by atoms with Gasteiger partial charge in [-0.1, -0.05) is 174 Å². The Morgan fingerprint density at radius 2 is 0.816 bits per heavy atom. The van der Waals surface area contributed by atoms with Gasteiger partial charge in [0.1, 0.15) is 0 Å². The molecule has 0 aliphatic heterocycles. The van der Waals surface area contributed by atoms with Crippen molar-refractivity contribution in [2.45, 2.75) is 46.0 Å². The number of unbranched alkanes of at least 4 members (excludes halogenated alkanes) is 1. The number of hydrogen-bond acceptors (Lipinski definition) is 3. The zero-order valence-corrected chi connectivity index (χ0v) is 28.7. The first-order chi connectivity index (χ1) is 24.0. The summed E-state index contributed by atoms with van der Waals surface area (Å²) in [5, 5.41) is 0. The van der Waals surface area contributed by atoms with Gasteiger partial charge in [-0.3, -0.25) is 0 Å². The lowest BCUT2D eigenvalue weighted by Gasteiger charge is -2.24. The van der Waals surface area contributed by atoms with E-state index in [0.29, 0.717) is 17.5 Å². The first-order valence-corrected chi connectivity index (χ1v) is 17.3. The maximum atomic E-state index is 5.25. The van der Waals surface area contributed by atoms with Crippen LogP contribution in [0, 0.1) is 0 Å². The molecule has 49 heavy (non-hydrogen) atoms. The molecule has 0 saturated heterocycles. The topological polar surface area (TPSA) is 38.7 Å². The molecule has 1 heterocycles. The Kier molecular flexibility index (Phi) is 9.00. The Bertz CT molecular complexity index is 2140. The SMILES string of the molecule is CC1(C)c2ccccc2-c2cccc(-c3nc(-c4ccccc4)nc(-c4cc(-c5ccccc5)cc(-c5ccccc5)c4)n3)c21.CCCC. The predicted octanol–water partition coefficient (Wildman–Crippen LogP) is 12.3. The van der Waals surface area contributed by atoms with E-state index >= 15 is 0 Å². The van der Waals surface area contributed by atoms with Crippen molar-refractivity contribution in [3.05, 3.63) is 163 Å². The van der Waals surface area contributed by atoms with Gasteiger partial charge in [-0.15, -0.1) is 0 Å². The molecule has 0 unspecified atom stereocenters. The van der Waals surface area contributed by atoms with E-state index in [1.807, 2.05) is 30.3 Å². The molecule has 8 rings (SSSR count). The second kappa shape index (κ2) is 13.8. The summed E-state index contributed by atoms with van der Waals surface area (Å²) in [6.07, 6.45) is 2.64. The number of fused-ring (bicyclic) bond motifs is 3. The van der Waals surface area contributed by atoms with Crippen LogP contribution in [0.5, 0.6) is 0 Å². The van der Waals surface area contributed by atoms with Gasteiger partial charge in [-0.25, -0.2) is 15.0 Å². The molecule has 0 atom stereocenters. The molecule has 1 aromatic heterocycles. The van der Waals surface area contributed by atoms with Crippen molar-refractivity contribution < 1.29 is 0 Å². The third-order valence-corrected chi connectivity index (χ3v) is 9.39. The van der Waals surface area contributed by atoms with Crippen molar-refractivity contribution in [3.8, 4) is 67.5 Å². The molecule has 3 nitrogen and oxygen atoms in total. The first-order valence-electron chi connectivity index (χ1n) is 17.3. The fraction of sp³-hybridized carbons (Fsp3) is 0.152. The molecule has 0 radical (unpaired) electrons. The Labute approximate surface area is 290 Å². The van der Waals surface area contributed by atoms with Gasteiger partial charge in [0.05, 0.1) is 0 Å². The van der Waals surface area contributed by atoms with Crippen LogP contribution < -0.4 is 0 Å². The van der Waals surface area contributed by atoms with Gasteiger partial charge in [0.2, 0.25) is 0 Å². The quantitative estimate of drug-likeness (QED) is 0.182. The number of benzene rings is 6. The molecule has 240 valence electrons. The monoisotopic (exact) mass is 635 g/mol. The number of hydrogen-bond donors (Lipinski definition) is 0. The van der Waals surface area contributed by atoms with E-state index in [9.17, 15) is 0 Å². The number of aromatic nitrogens is 3. The molecule has 0 fully saturated rings. The summed E-state index contributed by atoms with van der Waals surface area (Å²) in [7, 11) is 0. The lowest BCUT2D eigenvalue weighted by Crippen LogP contribution is -2.17. The highest BCUT2D eigenvalue weighted by Crippen LogP contribution is 2.51. The number of rotatable bonds is 6. The van der Waals surface area contributed by atoms with Crippen LogP contribution in [0.15, 0.2) is 152 Å². The fourth-order valence-corrected chi connectivity index (χ4v) is 6.73. The van der Waals surface area contributed by atoms with Gasteiger partial charge >= 0.3 is 0 Å². The minimum absolute atomic E-state index is 0.198. The summed E-state index contributed by atoms with van der Waals surface area (Å²) in [5.41, 5.74) is 12.4. The lowest BCUT2D eigenvalue weighted by molar-refractivity contribution is 0.661. The first kappa shape index (κ1) is 31.9. The van der Waals surface area contributed by atoms with Crippen LogP contribution in [-0.4, -0.2) is 15.0 Å². The third-order valence-electron chi connectivity index (χ3n) is 9.39. The van der Waals surface area contributed by atoms with Crippen molar-refractivity contribution in [2.75, 3.05) is 0 Å². The summed E-state index contributed by atoms with van der Waals surface area (Å²) < 4.78 is 0. The standard InChI is InChI=1S/C42H31N3.C4H10/c1-42(2)37-24-13-12-21-34(37)35-22-14-23-36(38(35)42)41-44-39(30-19-10-5-11-20-30)43-40(45-41)33-26-31(28-15-6-3-7-16-28)25-32(27-33)29-17-8-4-9-18-29;1-3-4-2/h3-27H,1-2H3;3-4H2,1-2H3. The lowest BCUT2D eigenvalue weighted by atomic mass is 9.80. The van der Waals surface area contributed by atoms with Crippen LogP contribution in [0.25, 0.3) is 67.5 Å². The molecule has 0 amide bonds. The molecule has 0 bridgehead atoms. The minimum Gasteiger partial charge on any atom is -0.208 e. The second-order valence-corrected chi connectivity index (χ2v) is 13.1. The smallest absolute Gasteiger partial charge is 0.164 e. The van der Waals surface area contributed by atoms with Crippen LogP contribution in [0.4, 0.5) is 0 Å². The highest BCUT2D eigenvalue weighted by Gasteiger charge is 2.38. The van der Waals surface area contributed by atoms with Crippen molar-refractivity contribution in [2.24, 2.45) is 0 Å². The average molecular weight is 636 g/mol. The van der Waals surface area contributed by atoms with E-state index in [1.165, 1.54) is 35.1 Å². The molecule has 3 heteroatoms. The normalized spacial score (nSPS) is 12.4. The summed E-state index contributed by atoms with van der Waals surface area (Å²) in [5.74, 6) is 2.00. The summed E-state index contributed by atoms with van der Waals surface area (Å²) in [6, 6.07) is 53.1. The average Bonchev–Trinajstić information content (AvgIpc) is 3.42. The highest BCUT2D eigenvalue weighted by molar-refractivity contribution is 5.87. The van der Waals surface area contributed by atoms with E-state index in [4.69, 9.17) is 15.0 Å². The third kappa shape index (κ3) is 6.33. The molecule has 1 aliphatic rings. The summed E-state index contributed by atoms with van der Waals surface area (Å²) >= 11 is 0. The second-order valence-electron chi connectivity index (χ2n) is 13.1. The maximum absolute atomic E-state index is 5.25. The fourth-order valence-electron chi connectivity index (χ4n) is 6.73. The largest absolute Gasteiger partial charge is 0.208 e. The maximum Gasteiger partial charge on any atom is 0.164 e. The van der Waals surface area contributed by atoms with Gasteiger partial charge in [-0.2, -0.15) is 0 Å². The summed E-state index contributed by atoms with van der Waals surface area (Å²) in [6.45, 7) is 8.97. The molecule has 0 saturated carbocycles. The van der Waals surface area contributed by atoms with Gasteiger partial charge in [0, 0.05) is 22.1 Å². The van der Waals surface area contributed by atoms with Crippen LogP contribution in [0.1, 0.15) is 51.7 Å². The molecular formula is C46H41N3. The highest BCUT2D eigenvalue weighted by atomic mass is 15.0. The van der Waals surface area contributed by atoms with Gasteiger partial charge in [0.15, 0.2) is 17.5 Å². The van der Waals surface area contributed by atoms with Crippen LogP contribution in [0.2, 0.25) is 0 Å². The molecular weight excluding hydrogens is 595 g/mol. The van der Waals surface area contributed by atoms with Crippen LogP contribution in [-0.2, 0) is 5.41 Å². The zero-order valence-electron chi connectivity index (χ0n) is 28.7. The van der Waals surface area contributed by atoms with Crippen molar-refractivity contribution >= 4 is 0 Å². The zero-order chi connectivity index (χ0) is 33.8. The molecule has 7 aromatic rings. The van der Waals surface area contributed by atoms with E-state index in [-0.39, 0.29) is 5.41 Å². The molecule has 1 aliphatic carbocycles. The summed E-state index contributed by atoms with van der Waals surface area (Å²) in [4.78, 5) is 15.5. The predicted molar refractivity (Wildman–Crippen MR) is 205 cm³/mol. The van der Waals surface area contributed by atoms with E-state index in [1.54, 1.807) is 0 Å². The van der Waals surface area contributed by atoms with Crippen LogP contribution >= 0.6 is 0 Å². The van der Waals surface area contributed by atoms with Gasteiger partial charge in [0.25, 0.3) is 0 Å². The van der Waals surface area contributed by atoms with E-state index < -0.39 is 0 Å². The minimum atomic E-state index is -0.198. The Balaban J connectivity index is 0.000000898. The van der Waals surface area contributed by atoms with E-state index in [0.717, 1.165) is 38.9 Å². The molecule has 0 spiro atoms. The Hall–Kier alpha value is -5.67. The van der Waals surface area contributed by atoms with Gasteiger partial charge in [-0.05, 0) is 62.7 Å². The Morgan fingerprint density at radius 3 is 1.39 bits per heavy atom. The van der Waals surface area contributed by atoms with Crippen molar-refractivity contribution in [3.63, 3.8) is 0 Å². The number of nitrogens with zero attached hydrogens (tertiary/aromatic N) is 3. The van der Waals surface area contributed by atoms with Gasteiger partial charge < -0.3 is 0 Å². The van der Waals surface area contributed by atoms with E-state index in [2.05, 4.69) is 149 Å². The van der Waals surface area contributed by atoms with Crippen LogP contribution in [0.3, 0.4) is 0 Å². The van der Waals surface area contributed by atoms with Crippen molar-refractivity contribution in [1.29, 1.82) is 0 Å². The Morgan fingerprint density at radius 1 is 0.388 bits per heavy atom. The molecule has 0 N–H and O–H groups in total. The van der Waals surface area contributed by atoms with Crippen molar-refractivity contribution in [1.82, 2.24) is 15.0 Å².